The van der Waals surface area contributed by atoms with Crippen LogP contribution in [0, 0.1) is 17.1 Å². The number of aliphatic imine (C=N–C) groups is 1. The van der Waals surface area contributed by atoms with Gasteiger partial charge in [-0.2, -0.15) is 28.4 Å². The van der Waals surface area contributed by atoms with Gasteiger partial charge in [0.25, 0.3) is 5.92 Å². The number of fused-ring (bicyclic) bond motifs is 1. The molecule has 3 atom stereocenters. The number of nitrogen functional groups attached to an aromatic ring is 1. The van der Waals surface area contributed by atoms with Crippen LogP contribution in [0.15, 0.2) is 34.8 Å². The number of aromatic nitrogens is 2. The number of likely N-dealkylation sites (tertiary alicyclic amines) is 1. The summed E-state index contributed by atoms with van der Waals surface area (Å²) in [6, 6.07) is 4.41. The van der Waals surface area contributed by atoms with Crippen molar-refractivity contribution < 1.29 is 35.8 Å². The molecule has 2 aromatic carbocycles. The largest absolute Gasteiger partial charge is 0.490 e. The molecule has 5 heterocycles. The van der Waals surface area contributed by atoms with Crippen molar-refractivity contribution >= 4 is 49.0 Å². The summed E-state index contributed by atoms with van der Waals surface area (Å²) < 4.78 is 104. The van der Waals surface area contributed by atoms with E-state index in [0.29, 0.717) is 23.2 Å². The van der Waals surface area contributed by atoms with E-state index in [1.165, 1.54) is 24.1 Å². The summed E-state index contributed by atoms with van der Waals surface area (Å²) in [6.45, 7) is 2.99. The molecule has 4 aromatic rings. The summed E-state index contributed by atoms with van der Waals surface area (Å²) >= 11 is 0.986. The second-order valence-electron chi connectivity index (χ2n) is 12.9. The lowest BCUT2D eigenvalue weighted by Gasteiger charge is -2.32. The number of hydrogen-bond acceptors (Lipinski definition) is 11. The molecule has 1 saturated heterocycles. The van der Waals surface area contributed by atoms with Gasteiger partial charge in [0.15, 0.2) is 5.82 Å². The van der Waals surface area contributed by atoms with E-state index < -0.39 is 77.5 Å². The molecule has 0 amide bonds. The number of alkyl halides is 5. The molecule has 0 bridgehead atoms. The Hall–Kier alpha value is -4.82. The van der Waals surface area contributed by atoms with Crippen LogP contribution in [0.25, 0.3) is 32.1 Å². The molecule has 0 aliphatic carbocycles. The number of nitrogens with zero attached hydrogens (tertiary/aromatic N) is 6. The lowest BCUT2D eigenvalue weighted by molar-refractivity contribution is -0.138. The minimum atomic E-state index is -5.17. The van der Waals surface area contributed by atoms with Crippen LogP contribution < -0.4 is 25.8 Å². The fourth-order valence-electron chi connectivity index (χ4n) is 7.34. The molecule has 51 heavy (non-hydrogen) atoms. The third-order valence-electron chi connectivity index (χ3n) is 9.64. The van der Waals surface area contributed by atoms with Crippen LogP contribution in [0.5, 0.6) is 11.8 Å². The normalized spacial score (nSPS) is 20.4. The van der Waals surface area contributed by atoms with Crippen molar-refractivity contribution in [2.75, 3.05) is 43.9 Å². The van der Waals surface area contributed by atoms with Crippen molar-refractivity contribution in [3.63, 3.8) is 0 Å². The van der Waals surface area contributed by atoms with E-state index in [-0.39, 0.29) is 51.7 Å². The first-order valence-corrected chi connectivity index (χ1v) is 16.9. The SMILES string of the molecule is C[C@H](C1=CCCN=C1N)N1CCOc2c(C(F)(F)F)c(-c3cccc4sc(N)c(C#N)c34)c(F)c3nc(O[C@H](C)C4CC(F)(F)CN4C)nc1c23. The first-order chi connectivity index (χ1) is 24.1. The minimum Gasteiger partial charge on any atom is -0.490 e. The number of rotatable bonds is 6. The Bertz CT molecular complexity index is 2180. The van der Waals surface area contributed by atoms with Crippen LogP contribution in [-0.2, 0) is 6.18 Å². The number of dihydropyridines is 1. The predicted octanol–water partition coefficient (Wildman–Crippen LogP) is 6.50. The van der Waals surface area contributed by atoms with Crippen LogP contribution in [-0.4, -0.2) is 78.1 Å². The quantitative estimate of drug-likeness (QED) is 0.213. The zero-order chi connectivity index (χ0) is 36.6. The highest BCUT2D eigenvalue weighted by atomic mass is 32.1. The zero-order valence-electron chi connectivity index (χ0n) is 27.6. The second-order valence-corrected chi connectivity index (χ2v) is 14.0. The third kappa shape index (κ3) is 5.83. The van der Waals surface area contributed by atoms with E-state index in [0.717, 1.165) is 11.3 Å². The Kier molecular flexibility index (Phi) is 8.45. The van der Waals surface area contributed by atoms with Crippen molar-refractivity contribution in [3.8, 4) is 29.0 Å². The summed E-state index contributed by atoms with van der Waals surface area (Å²) in [5, 5.41) is 9.67. The van der Waals surface area contributed by atoms with E-state index in [2.05, 4.69) is 15.0 Å². The van der Waals surface area contributed by atoms with Gasteiger partial charge in [0.1, 0.15) is 52.3 Å². The summed E-state index contributed by atoms with van der Waals surface area (Å²) in [4.78, 5) is 16.2. The lowest BCUT2D eigenvalue weighted by Crippen LogP contribution is -2.42. The zero-order valence-corrected chi connectivity index (χ0v) is 28.4. The molecule has 268 valence electrons. The molecule has 1 unspecified atom stereocenters. The minimum absolute atomic E-state index is 0.0113. The number of ether oxygens (including phenoxy) is 2. The highest BCUT2D eigenvalue weighted by Gasteiger charge is 2.47. The van der Waals surface area contributed by atoms with Crippen molar-refractivity contribution in [1.29, 1.82) is 5.26 Å². The Balaban J connectivity index is 1.52. The molecule has 1 fully saturated rings. The Morgan fingerprint density at radius 2 is 1.94 bits per heavy atom. The lowest BCUT2D eigenvalue weighted by atomic mass is 9.91. The number of halogens is 6. The topological polar surface area (TPSA) is 139 Å². The number of likely N-dealkylation sites (N-methyl/N-ethyl adjacent to an activating group) is 1. The Morgan fingerprint density at radius 1 is 1.18 bits per heavy atom. The van der Waals surface area contributed by atoms with Gasteiger partial charge in [-0.15, -0.1) is 11.3 Å². The highest BCUT2D eigenvalue weighted by Crippen LogP contribution is 2.53. The monoisotopic (exact) mass is 730 g/mol. The fraction of sp³-hybridized carbons (Fsp3) is 0.412. The van der Waals surface area contributed by atoms with Crippen LogP contribution in [0.4, 0.5) is 37.2 Å². The maximum Gasteiger partial charge on any atom is 0.420 e. The number of benzene rings is 2. The van der Waals surface area contributed by atoms with Gasteiger partial charge in [0.2, 0.25) is 0 Å². The molecule has 3 aliphatic rings. The van der Waals surface area contributed by atoms with Crippen LogP contribution in [0.1, 0.15) is 37.8 Å². The van der Waals surface area contributed by atoms with Gasteiger partial charge >= 0.3 is 12.2 Å². The molecule has 17 heteroatoms. The van der Waals surface area contributed by atoms with Crippen molar-refractivity contribution in [2.24, 2.45) is 10.7 Å². The number of amidine groups is 1. The number of nitriles is 1. The Labute approximate surface area is 292 Å². The fourth-order valence-corrected chi connectivity index (χ4v) is 8.29. The van der Waals surface area contributed by atoms with Gasteiger partial charge in [-0.1, -0.05) is 18.2 Å². The number of thiophene rings is 1. The maximum absolute atomic E-state index is 17.3. The second kappa shape index (κ2) is 12.4. The van der Waals surface area contributed by atoms with Gasteiger partial charge < -0.3 is 25.8 Å². The average Bonchev–Trinajstić information content (AvgIpc) is 3.47. The molecule has 2 aromatic heterocycles. The van der Waals surface area contributed by atoms with Gasteiger partial charge in [-0.05, 0) is 38.9 Å². The summed E-state index contributed by atoms with van der Waals surface area (Å²) in [5.74, 6) is -4.93. The van der Waals surface area contributed by atoms with Gasteiger partial charge in [-0.25, -0.2) is 13.2 Å². The first-order valence-electron chi connectivity index (χ1n) is 16.1. The van der Waals surface area contributed by atoms with E-state index >= 15 is 17.6 Å². The van der Waals surface area contributed by atoms with E-state index in [1.54, 1.807) is 24.8 Å². The van der Waals surface area contributed by atoms with E-state index in [1.807, 2.05) is 12.1 Å². The molecular formula is C34H32F6N8O2S. The number of hydrogen-bond donors (Lipinski definition) is 2. The first kappa shape index (κ1) is 34.6. The third-order valence-corrected chi connectivity index (χ3v) is 10.6. The molecular weight excluding hydrogens is 698 g/mol. The van der Waals surface area contributed by atoms with Gasteiger partial charge in [0.05, 0.1) is 36.1 Å². The van der Waals surface area contributed by atoms with Crippen LogP contribution in [0.2, 0.25) is 0 Å². The smallest absolute Gasteiger partial charge is 0.420 e. The molecule has 7 rings (SSSR count). The number of nitrogens with two attached hydrogens (primary N) is 2. The molecule has 10 nitrogen and oxygen atoms in total. The highest BCUT2D eigenvalue weighted by molar-refractivity contribution is 7.23. The van der Waals surface area contributed by atoms with Crippen molar-refractivity contribution in [1.82, 2.24) is 14.9 Å². The van der Waals surface area contributed by atoms with Crippen LogP contribution >= 0.6 is 11.3 Å². The van der Waals surface area contributed by atoms with E-state index in [4.69, 9.17) is 20.9 Å². The Morgan fingerprint density at radius 3 is 2.61 bits per heavy atom. The standard InChI is InChI=1S/C34H32F6N8O2S/c1-15(17-7-5-9-44-29(17)42)48-10-11-49-28-24-27(45-32(46-31(24)48)50-16(2)20-12-33(36,37)14-47(20)3)26(35)23(25(28)34(38,39)40)18-6-4-8-21-22(18)19(13-41)30(43)51-21/h4,6-8,15-16,20H,5,9-12,14,43H2,1-3H3,(H2,42,44)/t15-,16-,20?/m1/s1. The molecule has 0 saturated carbocycles. The summed E-state index contributed by atoms with van der Waals surface area (Å²) in [7, 11) is 1.52. The molecule has 3 aliphatic heterocycles. The average molecular weight is 731 g/mol. The summed E-state index contributed by atoms with van der Waals surface area (Å²) in [6.07, 6.45) is -4.16. The number of anilines is 2. The van der Waals surface area contributed by atoms with Crippen LogP contribution in [0.3, 0.4) is 0 Å². The van der Waals surface area contributed by atoms with Crippen molar-refractivity contribution in [3.05, 3.63) is 46.8 Å². The molecule has 0 radical (unpaired) electrons. The summed E-state index contributed by atoms with van der Waals surface area (Å²) in [5.41, 5.74) is 9.72. The molecule has 0 spiro atoms. The molecule has 4 N–H and O–H groups in total. The predicted molar refractivity (Wildman–Crippen MR) is 182 cm³/mol. The van der Waals surface area contributed by atoms with Gasteiger partial charge in [0, 0.05) is 34.2 Å². The van der Waals surface area contributed by atoms with Gasteiger partial charge in [-0.3, -0.25) is 9.89 Å². The van der Waals surface area contributed by atoms with Crippen molar-refractivity contribution in [2.45, 2.75) is 57.0 Å². The van der Waals surface area contributed by atoms with E-state index in [9.17, 15) is 14.0 Å². The maximum atomic E-state index is 17.3.